The van der Waals surface area contributed by atoms with Gasteiger partial charge in [0.1, 0.15) is 0 Å². The largest absolute Gasteiger partial charge is 0.454 e. The molecule has 0 heterocycles. The highest BCUT2D eigenvalue weighted by Crippen LogP contribution is 2.13. The zero-order valence-electron chi connectivity index (χ0n) is 11.8. The van der Waals surface area contributed by atoms with E-state index in [1.165, 1.54) is 24.3 Å². The van der Waals surface area contributed by atoms with Crippen LogP contribution in [0.25, 0.3) is 0 Å². The highest BCUT2D eigenvalue weighted by Gasteiger charge is 2.13. The molecule has 0 saturated heterocycles. The maximum Gasteiger partial charge on any atom is 0.338 e. The molecular weight excluding hydrogens is 286 g/mol. The summed E-state index contributed by atoms with van der Waals surface area (Å²) in [5.41, 5.74) is 1.52. The van der Waals surface area contributed by atoms with Crippen molar-refractivity contribution in [1.82, 2.24) is 0 Å². The lowest BCUT2D eigenvalue weighted by Crippen LogP contribution is -2.14. The number of rotatable bonds is 5. The minimum Gasteiger partial charge on any atom is -0.454 e. The van der Waals surface area contributed by atoms with E-state index in [1.807, 2.05) is 6.92 Å². The number of hydrogen-bond donors (Lipinski definition) is 0. The number of esters is 1. The summed E-state index contributed by atoms with van der Waals surface area (Å²) in [6.07, 6.45) is 0. The first-order chi connectivity index (χ1) is 10.5. The van der Waals surface area contributed by atoms with Crippen LogP contribution in [0.1, 0.15) is 26.3 Å². The van der Waals surface area contributed by atoms with Gasteiger partial charge in [-0.25, -0.2) is 4.79 Å². The molecule has 6 nitrogen and oxygen atoms in total. The lowest BCUT2D eigenvalue weighted by molar-refractivity contribution is -0.384. The van der Waals surface area contributed by atoms with Gasteiger partial charge in [-0.05, 0) is 31.2 Å². The number of aryl methyl sites for hydroxylation is 1. The fourth-order valence-corrected chi connectivity index (χ4v) is 1.76. The number of nitro benzene ring substituents is 1. The average Bonchev–Trinajstić information content (AvgIpc) is 2.53. The zero-order chi connectivity index (χ0) is 16.1. The molecule has 0 fully saturated rings. The van der Waals surface area contributed by atoms with Crippen molar-refractivity contribution in [2.45, 2.75) is 6.92 Å². The van der Waals surface area contributed by atoms with Crippen molar-refractivity contribution in [3.63, 3.8) is 0 Å². The number of Topliss-reactive ketones (excluding diaryl/α,β-unsaturated/α-hetero) is 1. The summed E-state index contributed by atoms with van der Waals surface area (Å²) >= 11 is 0. The predicted octanol–water partition coefficient (Wildman–Crippen LogP) is 2.94. The Morgan fingerprint density at radius 2 is 1.55 bits per heavy atom. The van der Waals surface area contributed by atoms with Crippen LogP contribution in [0.2, 0.25) is 0 Å². The minimum atomic E-state index is -0.588. The molecule has 22 heavy (non-hydrogen) atoms. The first kappa shape index (κ1) is 15.4. The summed E-state index contributed by atoms with van der Waals surface area (Å²) in [4.78, 5) is 33.6. The number of ether oxygens (including phenoxy) is 1. The standard InChI is InChI=1S/C16H13NO5/c1-11-2-4-13(5-3-11)16(19)22-10-15(18)12-6-8-14(9-7-12)17(20)21/h2-9H,10H2,1H3. The first-order valence-electron chi connectivity index (χ1n) is 6.49. The van der Waals surface area contributed by atoms with Crippen LogP contribution in [0.5, 0.6) is 0 Å². The van der Waals surface area contributed by atoms with Crippen molar-refractivity contribution >= 4 is 17.4 Å². The van der Waals surface area contributed by atoms with Gasteiger partial charge in [0, 0.05) is 17.7 Å². The topological polar surface area (TPSA) is 86.5 Å². The third kappa shape index (κ3) is 3.76. The van der Waals surface area contributed by atoms with Crippen molar-refractivity contribution in [3.05, 3.63) is 75.3 Å². The maximum absolute atomic E-state index is 11.9. The van der Waals surface area contributed by atoms with Crippen molar-refractivity contribution in [1.29, 1.82) is 0 Å². The van der Waals surface area contributed by atoms with Gasteiger partial charge in [0.25, 0.3) is 5.69 Å². The van der Waals surface area contributed by atoms with E-state index in [-0.39, 0.29) is 11.3 Å². The molecule has 0 atom stereocenters. The number of carbonyl (C=O) groups excluding carboxylic acids is 2. The molecule has 112 valence electrons. The average molecular weight is 299 g/mol. The second-order valence-corrected chi connectivity index (χ2v) is 4.67. The van der Waals surface area contributed by atoms with Crippen LogP contribution in [0, 0.1) is 17.0 Å². The normalized spacial score (nSPS) is 10.0. The van der Waals surface area contributed by atoms with Gasteiger partial charge in [-0.1, -0.05) is 17.7 Å². The van der Waals surface area contributed by atoms with Gasteiger partial charge in [0.05, 0.1) is 10.5 Å². The fourth-order valence-electron chi connectivity index (χ4n) is 1.76. The van der Waals surface area contributed by atoms with Crippen LogP contribution in [-0.4, -0.2) is 23.3 Å². The molecule has 2 aromatic rings. The number of nitrogens with zero attached hydrogens (tertiary/aromatic N) is 1. The molecule has 0 aromatic heterocycles. The lowest BCUT2D eigenvalue weighted by Gasteiger charge is -2.04. The summed E-state index contributed by atoms with van der Waals surface area (Å²) in [7, 11) is 0. The van der Waals surface area contributed by atoms with E-state index in [1.54, 1.807) is 24.3 Å². The maximum atomic E-state index is 11.9. The Bertz CT molecular complexity index is 704. The summed E-state index contributed by atoms with van der Waals surface area (Å²) in [5.74, 6) is -1.01. The van der Waals surface area contributed by atoms with Gasteiger partial charge in [-0.15, -0.1) is 0 Å². The highest BCUT2D eigenvalue weighted by atomic mass is 16.6. The van der Waals surface area contributed by atoms with Crippen molar-refractivity contribution < 1.29 is 19.2 Å². The first-order valence-corrected chi connectivity index (χ1v) is 6.49. The monoisotopic (exact) mass is 299 g/mol. The smallest absolute Gasteiger partial charge is 0.338 e. The third-order valence-electron chi connectivity index (χ3n) is 3.02. The van der Waals surface area contributed by atoms with E-state index in [9.17, 15) is 19.7 Å². The third-order valence-corrected chi connectivity index (χ3v) is 3.02. The Labute approximate surface area is 126 Å². The summed E-state index contributed by atoms with van der Waals surface area (Å²) in [5, 5.41) is 10.5. The van der Waals surface area contributed by atoms with E-state index < -0.39 is 23.3 Å². The second-order valence-electron chi connectivity index (χ2n) is 4.67. The molecule has 0 radical (unpaired) electrons. The SMILES string of the molecule is Cc1ccc(C(=O)OCC(=O)c2ccc([N+](=O)[O-])cc2)cc1. The van der Waals surface area contributed by atoms with E-state index in [2.05, 4.69) is 0 Å². The molecule has 0 aliphatic carbocycles. The summed E-state index contributed by atoms with van der Waals surface area (Å²) in [6, 6.07) is 11.9. The van der Waals surface area contributed by atoms with Crippen molar-refractivity contribution in [2.75, 3.05) is 6.61 Å². The van der Waals surface area contributed by atoms with Gasteiger partial charge in [-0.3, -0.25) is 14.9 Å². The Kier molecular flexibility index (Phi) is 4.63. The number of nitro groups is 1. The molecule has 0 N–H and O–H groups in total. The molecular formula is C16H13NO5. The number of ketones is 1. The molecule has 0 spiro atoms. The van der Waals surface area contributed by atoms with Crippen LogP contribution in [-0.2, 0) is 4.74 Å². The molecule has 2 aromatic carbocycles. The number of carbonyl (C=O) groups is 2. The van der Waals surface area contributed by atoms with Gasteiger partial charge in [-0.2, -0.15) is 0 Å². The van der Waals surface area contributed by atoms with Crippen molar-refractivity contribution in [3.8, 4) is 0 Å². The Morgan fingerprint density at radius 1 is 1.00 bits per heavy atom. The molecule has 6 heteroatoms. The summed E-state index contributed by atoms with van der Waals surface area (Å²) < 4.78 is 4.94. The summed E-state index contributed by atoms with van der Waals surface area (Å²) in [6.45, 7) is 1.48. The van der Waals surface area contributed by atoms with Gasteiger partial charge in [0.2, 0.25) is 0 Å². The van der Waals surface area contributed by atoms with Crippen LogP contribution in [0.3, 0.4) is 0 Å². The Hall–Kier alpha value is -3.02. The number of non-ortho nitro benzene ring substituents is 1. The van der Waals surface area contributed by atoms with E-state index in [4.69, 9.17) is 4.74 Å². The zero-order valence-corrected chi connectivity index (χ0v) is 11.8. The molecule has 0 bridgehead atoms. The highest BCUT2D eigenvalue weighted by molar-refractivity contribution is 5.99. The Morgan fingerprint density at radius 3 is 2.09 bits per heavy atom. The Balaban J connectivity index is 1.96. The lowest BCUT2D eigenvalue weighted by atomic mass is 10.1. The molecule has 0 saturated carbocycles. The predicted molar refractivity (Wildman–Crippen MR) is 78.9 cm³/mol. The van der Waals surface area contributed by atoms with E-state index in [0.717, 1.165) is 5.56 Å². The van der Waals surface area contributed by atoms with E-state index >= 15 is 0 Å². The molecule has 0 amide bonds. The van der Waals surface area contributed by atoms with Crippen LogP contribution >= 0.6 is 0 Å². The molecule has 0 aliphatic rings. The van der Waals surface area contributed by atoms with Gasteiger partial charge >= 0.3 is 5.97 Å². The fraction of sp³-hybridized carbons (Fsp3) is 0.125. The second kappa shape index (κ2) is 6.62. The van der Waals surface area contributed by atoms with Crippen LogP contribution in [0.4, 0.5) is 5.69 Å². The van der Waals surface area contributed by atoms with E-state index in [0.29, 0.717) is 5.56 Å². The van der Waals surface area contributed by atoms with Gasteiger partial charge in [0.15, 0.2) is 12.4 Å². The number of benzene rings is 2. The van der Waals surface area contributed by atoms with Crippen LogP contribution < -0.4 is 0 Å². The van der Waals surface area contributed by atoms with Crippen molar-refractivity contribution in [2.24, 2.45) is 0 Å². The molecule has 0 unspecified atom stereocenters. The minimum absolute atomic E-state index is 0.104. The molecule has 2 rings (SSSR count). The molecule has 0 aliphatic heterocycles. The van der Waals surface area contributed by atoms with Gasteiger partial charge < -0.3 is 4.74 Å². The quantitative estimate of drug-likeness (QED) is 0.366. The number of hydrogen-bond acceptors (Lipinski definition) is 5. The van der Waals surface area contributed by atoms with Crippen LogP contribution in [0.15, 0.2) is 48.5 Å².